The lowest BCUT2D eigenvalue weighted by molar-refractivity contribution is -0.134. The van der Waals surface area contributed by atoms with Gasteiger partial charge in [-0.3, -0.25) is 10.1 Å². The molecule has 31 heavy (non-hydrogen) atoms. The number of anilines is 1. The van der Waals surface area contributed by atoms with Gasteiger partial charge in [0.2, 0.25) is 5.95 Å². The molecule has 10 heteroatoms. The highest BCUT2D eigenvalue weighted by Crippen LogP contribution is 2.28. The van der Waals surface area contributed by atoms with Crippen LogP contribution in [0.2, 0.25) is 0 Å². The highest BCUT2D eigenvalue weighted by atomic mass is 19.1. The maximum Gasteiger partial charge on any atom is 0.300 e. The lowest BCUT2D eigenvalue weighted by Crippen LogP contribution is -2.23. The van der Waals surface area contributed by atoms with E-state index in [1.165, 1.54) is 12.1 Å². The SMILES string of the molecule is CC(=O)O.COc1cccc(OC)c1CN=C(N)Nc1ncc(-c2ccc(F)cc2)[nH]1. The van der Waals surface area contributed by atoms with Gasteiger partial charge in [0.15, 0.2) is 5.96 Å². The second kappa shape index (κ2) is 11.2. The van der Waals surface area contributed by atoms with Crippen LogP contribution in [0, 0.1) is 5.82 Å². The summed E-state index contributed by atoms with van der Waals surface area (Å²) in [7, 11) is 3.17. The molecule has 9 nitrogen and oxygen atoms in total. The number of nitrogens with one attached hydrogen (secondary N) is 2. The molecule has 0 bridgehead atoms. The number of hydrogen-bond donors (Lipinski definition) is 4. The van der Waals surface area contributed by atoms with Gasteiger partial charge in [-0.15, -0.1) is 0 Å². The number of hydrogen-bond acceptors (Lipinski definition) is 5. The number of H-pyrrole nitrogens is 1. The zero-order valence-electron chi connectivity index (χ0n) is 17.3. The highest BCUT2D eigenvalue weighted by molar-refractivity contribution is 5.90. The molecule has 0 amide bonds. The number of aromatic amines is 1. The summed E-state index contributed by atoms with van der Waals surface area (Å²) >= 11 is 0. The van der Waals surface area contributed by atoms with Crippen molar-refractivity contribution in [3.63, 3.8) is 0 Å². The maximum atomic E-state index is 13.0. The predicted molar refractivity (Wildman–Crippen MR) is 116 cm³/mol. The molecule has 0 aliphatic heterocycles. The van der Waals surface area contributed by atoms with Gasteiger partial charge in [0.05, 0.1) is 38.2 Å². The number of carbonyl (C=O) groups is 1. The molecule has 2 aromatic carbocycles. The first-order valence-corrected chi connectivity index (χ1v) is 9.11. The predicted octanol–water partition coefficient (Wildman–Crippen LogP) is 3.25. The van der Waals surface area contributed by atoms with Gasteiger partial charge in [-0.2, -0.15) is 0 Å². The number of halogens is 1. The molecule has 0 atom stereocenters. The Bertz CT molecular complexity index is 1010. The molecular weight excluding hydrogens is 405 g/mol. The van der Waals surface area contributed by atoms with E-state index in [2.05, 4.69) is 20.3 Å². The van der Waals surface area contributed by atoms with Crippen molar-refractivity contribution >= 4 is 17.9 Å². The molecule has 3 aromatic rings. The molecule has 0 aliphatic carbocycles. The van der Waals surface area contributed by atoms with Crippen LogP contribution in [0.1, 0.15) is 12.5 Å². The van der Waals surface area contributed by atoms with E-state index < -0.39 is 5.97 Å². The van der Waals surface area contributed by atoms with Crippen molar-refractivity contribution in [2.75, 3.05) is 19.5 Å². The van der Waals surface area contributed by atoms with E-state index in [9.17, 15) is 4.39 Å². The van der Waals surface area contributed by atoms with Crippen LogP contribution in [0.15, 0.2) is 53.7 Å². The Morgan fingerprint density at radius 3 is 2.32 bits per heavy atom. The highest BCUT2D eigenvalue weighted by Gasteiger charge is 2.10. The monoisotopic (exact) mass is 429 g/mol. The van der Waals surface area contributed by atoms with Gasteiger partial charge < -0.3 is 25.3 Å². The van der Waals surface area contributed by atoms with Gasteiger partial charge in [0.25, 0.3) is 5.97 Å². The Balaban J connectivity index is 0.000000785. The van der Waals surface area contributed by atoms with Gasteiger partial charge in [-0.05, 0) is 42.0 Å². The fourth-order valence-corrected chi connectivity index (χ4v) is 2.57. The summed E-state index contributed by atoms with van der Waals surface area (Å²) in [5, 5.41) is 10.3. The third-order valence-corrected chi connectivity index (χ3v) is 3.91. The maximum absolute atomic E-state index is 13.0. The van der Waals surface area contributed by atoms with Crippen LogP contribution in [-0.2, 0) is 11.3 Å². The molecule has 3 rings (SSSR count). The van der Waals surface area contributed by atoms with Crippen molar-refractivity contribution in [2.24, 2.45) is 10.7 Å². The first-order chi connectivity index (χ1) is 14.8. The summed E-state index contributed by atoms with van der Waals surface area (Å²) in [6, 6.07) is 11.6. The Labute approximate surface area is 178 Å². The number of ether oxygens (including phenoxy) is 2. The zero-order chi connectivity index (χ0) is 22.8. The summed E-state index contributed by atoms with van der Waals surface area (Å²) in [5.74, 6) is 0.829. The van der Waals surface area contributed by atoms with E-state index in [4.69, 9.17) is 25.1 Å². The molecule has 5 N–H and O–H groups in total. The Morgan fingerprint density at radius 2 is 1.77 bits per heavy atom. The molecule has 0 spiro atoms. The number of guanidine groups is 1. The third-order valence-electron chi connectivity index (χ3n) is 3.91. The molecule has 1 aromatic heterocycles. The first kappa shape index (κ1) is 23.2. The average molecular weight is 429 g/mol. The topological polar surface area (TPSA) is 135 Å². The van der Waals surface area contributed by atoms with Gasteiger partial charge in [-0.1, -0.05) is 6.07 Å². The van der Waals surface area contributed by atoms with Crippen LogP contribution in [-0.4, -0.2) is 41.2 Å². The van der Waals surface area contributed by atoms with Crippen molar-refractivity contribution < 1.29 is 23.8 Å². The van der Waals surface area contributed by atoms with Gasteiger partial charge >= 0.3 is 0 Å². The number of aromatic nitrogens is 2. The number of rotatable bonds is 6. The van der Waals surface area contributed by atoms with Gasteiger partial charge in [0.1, 0.15) is 17.3 Å². The summed E-state index contributed by atoms with van der Waals surface area (Å²) in [5.41, 5.74) is 8.29. The number of aliphatic imine (C=N–C) groups is 1. The van der Waals surface area contributed by atoms with E-state index in [1.54, 1.807) is 32.5 Å². The number of imidazole rings is 1. The molecule has 0 saturated carbocycles. The third kappa shape index (κ3) is 7.03. The molecule has 164 valence electrons. The van der Waals surface area contributed by atoms with E-state index in [0.29, 0.717) is 17.4 Å². The van der Waals surface area contributed by atoms with Crippen LogP contribution in [0.5, 0.6) is 11.5 Å². The van der Waals surface area contributed by atoms with Crippen LogP contribution in [0.4, 0.5) is 10.3 Å². The van der Waals surface area contributed by atoms with E-state index >= 15 is 0 Å². The Hall–Kier alpha value is -4.08. The van der Waals surface area contributed by atoms with Crippen molar-refractivity contribution in [1.29, 1.82) is 0 Å². The molecule has 0 saturated heterocycles. The van der Waals surface area contributed by atoms with E-state index in [0.717, 1.165) is 23.7 Å². The largest absolute Gasteiger partial charge is 0.496 e. The number of carboxylic acid groups (broad SMARTS) is 1. The molecule has 0 radical (unpaired) electrons. The lowest BCUT2D eigenvalue weighted by Gasteiger charge is -2.11. The normalized spacial score (nSPS) is 10.6. The Kier molecular flexibility index (Phi) is 8.38. The van der Waals surface area contributed by atoms with Crippen molar-refractivity contribution in [1.82, 2.24) is 9.97 Å². The van der Waals surface area contributed by atoms with Crippen LogP contribution in [0.3, 0.4) is 0 Å². The standard InChI is InChI=1S/C19H20FN5O2.C2H4O2/c1-26-16-4-3-5-17(27-2)14(16)10-22-18(21)25-19-23-11-15(24-19)12-6-8-13(20)9-7-12;1-2(3)4/h3-9,11H,10H2,1-2H3,(H4,21,22,23,24,25);1H3,(H,3,4). The summed E-state index contributed by atoms with van der Waals surface area (Å²) < 4.78 is 23.7. The van der Waals surface area contributed by atoms with Crippen LogP contribution >= 0.6 is 0 Å². The minimum absolute atomic E-state index is 0.183. The van der Waals surface area contributed by atoms with Crippen LogP contribution < -0.4 is 20.5 Å². The smallest absolute Gasteiger partial charge is 0.300 e. The zero-order valence-corrected chi connectivity index (χ0v) is 17.3. The summed E-state index contributed by atoms with van der Waals surface area (Å²) in [6.07, 6.45) is 1.63. The number of methoxy groups -OCH3 is 2. The molecule has 0 aliphatic rings. The molecular formula is C21H24FN5O4. The van der Waals surface area contributed by atoms with Crippen molar-refractivity contribution in [3.05, 3.63) is 60.0 Å². The Morgan fingerprint density at radius 1 is 1.19 bits per heavy atom. The molecule has 0 fully saturated rings. The second-order valence-electron chi connectivity index (χ2n) is 6.14. The number of carboxylic acids is 1. The lowest BCUT2D eigenvalue weighted by atomic mass is 10.2. The minimum Gasteiger partial charge on any atom is -0.496 e. The molecule has 1 heterocycles. The number of aliphatic carboxylic acids is 1. The van der Waals surface area contributed by atoms with E-state index in [1.807, 2.05) is 18.2 Å². The second-order valence-corrected chi connectivity index (χ2v) is 6.14. The van der Waals surface area contributed by atoms with Crippen molar-refractivity contribution in [3.8, 4) is 22.8 Å². The number of nitrogens with zero attached hydrogens (tertiary/aromatic N) is 2. The fraction of sp³-hybridized carbons (Fsp3) is 0.190. The van der Waals surface area contributed by atoms with Gasteiger partial charge in [-0.25, -0.2) is 14.4 Å². The van der Waals surface area contributed by atoms with Crippen molar-refractivity contribution in [2.45, 2.75) is 13.5 Å². The van der Waals surface area contributed by atoms with Gasteiger partial charge in [0, 0.05) is 6.92 Å². The first-order valence-electron chi connectivity index (χ1n) is 9.11. The van der Waals surface area contributed by atoms with E-state index in [-0.39, 0.29) is 18.3 Å². The van der Waals surface area contributed by atoms with Crippen LogP contribution in [0.25, 0.3) is 11.3 Å². The average Bonchev–Trinajstić information content (AvgIpc) is 3.20. The fourth-order valence-electron chi connectivity index (χ4n) is 2.57. The summed E-state index contributed by atoms with van der Waals surface area (Å²) in [6.45, 7) is 1.36. The molecule has 0 unspecified atom stereocenters. The quantitative estimate of drug-likeness (QED) is 0.349. The number of nitrogens with two attached hydrogens (primary N) is 1. The minimum atomic E-state index is -0.833. The summed E-state index contributed by atoms with van der Waals surface area (Å²) in [4.78, 5) is 20.6. The number of benzene rings is 2.